The van der Waals surface area contributed by atoms with E-state index in [0.29, 0.717) is 24.5 Å². The van der Waals surface area contributed by atoms with Gasteiger partial charge in [0, 0.05) is 32.0 Å². The summed E-state index contributed by atoms with van der Waals surface area (Å²) in [5.74, 6) is 1.35. The van der Waals surface area contributed by atoms with Crippen molar-refractivity contribution in [3.8, 4) is 11.5 Å². The number of methoxy groups -OCH3 is 1. The summed E-state index contributed by atoms with van der Waals surface area (Å²) in [5, 5.41) is 5.50. The van der Waals surface area contributed by atoms with Gasteiger partial charge in [0.05, 0.1) is 13.7 Å². The van der Waals surface area contributed by atoms with E-state index in [-0.39, 0.29) is 11.8 Å². The molecule has 0 radical (unpaired) electrons. The Morgan fingerprint density at radius 3 is 2.68 bits per heavy atom. The Balaban J connectivity index is 1.72. The van der Waals surface area contributed by atoms with E-state index < -0.39 is 0 Å². The van der Waals surface area contributed by atoms with Crippen LogP contribution in [0.15, 0.2) is 53.6 Å². The normalized spacial score (nSPS) is 16.8. The minimum atomic E-state index is -0.0360. The third kappa shape index (κ3) is 4.18. The summed E-state index contributed by atoms with van der Waals surface area (Å²) < 4.78 is 11.3. The minimum Gasteiger partial charge on any atom is -0.493 e. The highest BCUT2D eigenvalue weighted by Crippen LogP contribution is 2.32. The number of hydrogen-bond donors (Lipinski definition) is 0. The van der Waals surface area contributed by atoms with Gasteiger partial charge in [-0.2, -0.15) is 5.10 Å². The first-order valence-corrected chi connectivity index (χ1v) is 8.32. The molecule has 1 heterocycles. The summed E-state index contributed by atoms with van der Waals surface area (Å²) in [6.07, 6.45) is 3.04. The lowest BCUT2D eigenvalue weighted by Crippen LogP contribution is -2.28. The fourth-order valence-electron chi connectivity index (χ4n) is 2.78. The maximum absolute atomic E-state index is 11.9. The summed E-state index contributed by atoms with van der Waals surface area (Å²) in [6, 6.07) is 16.0. The van der Waals surface area contributed by atoms with Gasteiger partial charge in [-0.05, 0) is 23.3 Å². The van der Waals surface area contributed by atoms with Crippen LogP contribution in [0.5, 0.6) is 11.5 Å². The Kier molecular flexibility index (Phi) is 5.33. The van der Waals surface area contributed by atoms with Crippen molar-refractivity contribution in [3.05, 3.63) is 59.7 Å². The molecule has 1 unspecified atom stereocenters. The first-order chi connectivity index (χ1) is 12.2. The molecule has 1 amide bonds. The maximum Gasteiger partial charge on any atom is 0.243 e. The van der Waals surface area contributed by atoms with Crippen molar-refractivity contribution in [1.82, 2.24) is 5.01 Å². The molecule has 0 spiro atoms. The number of hydrazone groups is 1. The number of carbonyl (C=O) groups excluding carboxylic acids is 1. The second-order valence-electron chi connectivity index (χ2n) is 5.99. The largest absolute Gasteiger partial charge is 0.493 e. The SMILES string of the molecule is COc1ccc(C2C=NN(C)C(=O)C2)cc1OCCc1ccccc1. The molecule has 5 heteroatoms. The van der Waals surface area contributed by atoms with Crippen molar-refractivity contribution in [2.75, 3.05) is 20.8 Å². The first-order valence-electron chi connectivity index (χ1n) is 8.32. The zero-order valence-corrected chi connectivity index (χ0v) is 14.5. The second kappa shape index (κ2) is 7.83. The predicted molar refractivity (Wildman–Crippen MR) is 97.3 cm³/mol. The van der Waals surface area contributed by atoms with E-state index in [4.69, 9.17) is 9.47 Å². The molecule has 5 nitrogen and oxygen atoms in total. The van der Waals surface area contributed by atoms with Crippen LogP contribution in [0.2, 0.25) is 0 Å². The molecule has 1 atom stereocenters. The quantitative estimate of drug-likeness (QED) is 0.812. The summed E-state index contributed by atoms with van der Waals surface area (Å²) in [5.41, 5.74) is 2.23. The van der Waals surface area contributed by atoms with E-state index >= 15 is 0 Å². The Hall–Kier alpha value is -2.82. The molecule has 1 aliphatic heterocycles. The smallest absolute Gasteiger partial charge is 0.243 e. The second-order valence-corrected chi connectivity index (χ2v) is 5.99. The van der Waals surface area contributed by atoms with Gasteiger partial charge in [0.15, 0.2) is 11.5 Å². The van der Waals surface area contributed by atoms with Crippen LogP contribution in [-0.2, 0) is 11.2 Å². The lowest BCUT2D eigenvalue weighted by atomic mass is 9.95. The fraction of sp³-hybridized carbons (Fsp3) is 0.300. The average molecular weight is 338 g/mol. The summed E-state index contributed by atoms with van der Waals surface area (Å²) in [6.45, 7) is 0.560. The third-order valence-electron chi connectivity index (χ3n) is 4.28. The zero-order chi connectivity index (χ0) is 17.6. The molecule has 130 valence electrons. The molecule has 0 saturated carbocycles. The highest BCUT2D eigenvalue weighted by Gasteiger charge is 2.22. The number of nitrogens with zero attached hydrogens (tertiary/aromatic N) is 2. The fourth-order valence-corrected chi connectivity index (χ4v) is 2.78. The van der Waals surface area contributed by atoms with E-state index in [1.807, 2.05) is 36.4 Å². The maximum atomic E-state index is 11.9. The standard InChI is InChI=1S/C20H22N2O3/c1-22-20(23)13-17(14-21-22)16-8-9-18(24-2)19(12-16)25-11-10-15-6-4-3-5-7-15/h3-9,12,14,17H,10-11,13H2,1-2H3. The molecule has 1 aliphatic rings. The molecule has 0 N–H and O–H groups in total. The zero-order valence-electron chi connectivity index (χ0n) is 14.5. The number of hydrogen-bond acceptors (Lipinski definition) is 4. The van der Waals surface area contributed by atoms with Crippen molar-refractivity contribution in [1.29, 1.82) is 0 Å². The van der Waals surface area contributed by atoms with E-state index in [9.17, 15) is 4.79 Å². The number of amides is 1. The van der Waals surface area contributed by atoms with Crippen LogP contribution in [0, 0.1) is 0 Å². The molecule has 3 rings (SSSR count). The van der Waals surface area contributed by atoms with Gasteiger partial charge in [0.25, 0.3) is 0 Å². The summed E-state index contributed by atoms with van der Waals surface area (Å²) in [4.78, 5) is 11.9. The number of rotatable bonds is 6. The number of carbonyl (C=O) groups is 1. The van der Waals surface area contributed by atoms with Crippen molar-refractivity contribution in [2.24, 2.45) is 5.10 Å². The van der Waals surface area contributed by atoms with E-state index in [1.54, 1.807) is 20.4 Å². The minimum absolute atomic E-state index is 0.00913. The third-order valence-corrected chi connectivity index (χ3v) is 4.28. The van der Waals surface area contributed by atoms with Crippen LogP contribution in [-0.4, -0.2) is 37.9 Å². The van der Waals surface area contributed by atoms with Crippen LogP contribution >= 0.6 is 0 Å². The topological polar surface area (TPSA) is 51.1 Å². The molecule has 25 heavy (non-hydrogen) atoms. The monoisotopic (exact) mass is 338 g/mol. The van der Waals surface area contributed by atoms with E-state index in [0.717, 1.165) is 12.0 Å². The summed E-state index contributed by atoms with van der Waals surface area (Å²) in [7, 11) is 3.29. The van der Waals surface area contributed by atoms with Crippen molar-refractivity contribution in [3.63, 3.8) is 0 Å². The van der Waals surface area contributed by atoms with Gasteiger partial charge >= 0.3 is 0 Å². The van der Waals surface area contributed by atoms with Gasteiger partial charge in [-0.25, -0.2) is 5.01 Å². The Morgan fingerprint density at radius 2 is 1.96 bits per heavy atom. The van der Waals surface area contributed by atoms with Crippen molar-refractivity contribution >= 4 is 12.1 Å². The Labute approximate surface area is 147 Å². The molecular formula is C20H22N2O3. The molecule has 0 aliphatic carbocycles. The molecule has 0 saturated heterocycles. The number of benzene rings is 2. The number of ether oxygens (including phenoxy) is 2. The highest BCUT2D eigenvalue weighted by molar-refractivity contribution is 5.86. The van der Waals surface area contributed by atoms with Crippen molar-refractivity contribution in [2.45, 2.75) is 18.8 Å². The van der Waals surface area contributed by atoms with Gasteiger partial charge < -0.3 is 9.47 Å². The van der Waals surface area contributed by atoms with Gasteiger partial charge in [0.1, 0.15) is 0 Å². The lowest BCUT2D eigenvalue weighted by molar-refractivity contribution is -0.130. The van der Waals surface area contributed by atoms with Crippen LogP contribution < -0.4 is 9.47 Å². The van der Waals surface area contributed by atoms with Crippen LogP contribution in [0.3, 0.4) is 0 Å². The van der Waals surface area contributed by atoms with E-state index in [1.165, 1.54) is 10.6 Å². The van der Waals surface area contributed by atoms with E-state index in [2.05, 4.69) is 17.2 Å². The Bertz CT molecular complexity index is 759. The predicted octanol–water partition coefficient (Wildman–Crippen LogP) is 3.25. The van der Waals surface area contributed by atoms with Crippen LogP contribution in [0.4, 0.5) is 0 Å². The molecule has 2 aromatic carbocycles. The van der Waals surface area contributed by atoms with Gasteiger partial charge in [-0.15, -0.1) is 0 Å². The van der Waals surface area contributed by atoms with Crippen LogP contribution in [0.25, 0.3) is 0 Å². The average Bonchev–Trinajstić information content (AvgIpc) is 2.65. The first kappa shape index (κ1) is 17.0. The lowest BCUT2D eigenvalue weighted by Gasteiger charge is -2.22. The van der Waals surface area contributed by atoms with Gasteiger partial charge in [0.2, 0.25) is 5.91 Å². The van der Waals surface area contributed by atoms with Crippen LogP contribution in [0.1, 0.15) is 23.5 Å². The molecule has 0 bridgehead atoms. The molecule has 2 aromatic rings. The molecule has 0 aromatic heterocycles. The van der Waals surface area contributed by atoms with Gasteiger partial charge in [-0.1, -0.05) is 36.4 Å². The summed E-state index contributed by atoms with van der Waals surface area (Å²) >= 11 is 0. The molecule has 0 fully saturated rings. The molecular weight excluding hydrogens is 316 g/mol. The van der Waals surface area contributed by atoms with Gasteiger partial charge in [-0.3, -0.25) is 4.79 Å². The Morgan fingerprint density at radius 1 is 1.16 bits per heavy atom. The highest BCUT2D eigenvalue weighted by atomic mass is 16.5. The van der Waals surface area contributed by atoms with Crippen molar-refractivity contribution < 1.29 is 14.3 Å².